The first-order valence-corrected chi connectivity index (χ1v) is 7.31. The summed E-state index contributed by atoms with van der Waals surface area (Å²) in [7, 11) is 0. The highest BCUT2D eigenvalue weighted by molar-refractivity contribution is 9.10. The van der Waals surface area contributed by atoms with E-state index in [-0.39, 0.29) is 22.4 Å². The zero-order valence-corrected chi connectivity index (χ0v) is 13.7. The smallest absolute Gasteiger partial charge is 0.145 e. The average Bonchev–Trinajstić information content (AvgIpc) is 2.40. The van der Waals surface area contributed by atoms with E-state index in [1.54, 1.807) is 6.07 Å². The van der Waals surface area contributed by atoms with Crippen molar-refractivity contribution in [3.63, 3.8) is 0 Å². The van der Waals surface area contributed by atoms with Crippen molar-refractivity contribution in [1.82, 2.24) is 0 Å². The van der Waals surface area contributed by atoms with E-state index in [0.717, 1.165) is 6.07 Å². The first kappa shape index (κ1) is 16.1. The summed E-state index contributed by atoms with van der Waals surface area (Å²) < 4.78 is 32.8. The molecule has 0 aliphatic rings. The van der Waals surface area contributed by atoms with Crippen LogP contribution in [0.25, 0.3) is 0 Å². The maximum atomic E-state index is 13.5. The lowest BCUT2D eigenvalue weighted by Gasteiger charge is -2.10. The molecule has 0 heterocycles. The van der Waals surface area contributed by atoms with Crippen LogP contribution in [0.1, 0.15) is 11.1 Å². The third kappa shape index (κ3) is 4.12. The number of thiocarbonyl (C=S) groups is 1. The summed E-state index contributed by atoms with van der Waals surface area (Å²) in [6.07, 6.45) is 0. The monoisotopic (exact) mass is 391 g/mol. The molecule has 0 aliphatic carbocycles. The van der Waals surface area contributed by atoms with E-state index >= 15 is 0 Å². The van der Waals surface area contributed by atoms with Gasteiger partial charge in [0.15, 0.2) is 0 Å². The summed E-state index contributed by atoms with van der Waals surface area (Å²) in [6, 6.07) is 6.69. The van der Waals surface area contributed by atoms with Gasteiger partial charge in [-0.05, 0) is 45.8 Å². The Morgan fingerprint density at radius 3 is 2.62 bits per heavy atom. The summed E-state index contributed by atoms with van der Waals surface area (Å²) in [5, 5.41) is -0.0178. The van der Waals surface area contributed by atoms with Gasteiger partial charge < -0.3 is 10.5 Å². The predicted octanol–water partition coefficient (Wildman–Crippen LogP) is 4.59. The van der Waals surface area contributed by atoms with Crippen molar-refractivity contribution in [2.45, 2.75) is 6.61 Å². The summed E-state index contributed by atoms with van der Waals surface area (Å²) in [6.45, 7) is 0.0348. The Morgan fingerprint density at radius 2 is 1.95 bits per heavy atom. The highest BCUT2D eigenvalue weighted by Crippen LogP contribution is 2.31. The number of nitrogens with two attached hydrogens (primary N) is 1. The predicted molar refractivity (Wildman–Crippen MR) is 85.7 cm³/mol. The minimum Gasteiger partial charge on any atom is -0.488 e. The number of benzene rings is 2. The lowest BCUT2D eigenvalue weighted by atomic mass is 10.1. The van der Waals surface area contributed by atoms with Gasteiger partial charge in [-0.15, -0.1) is 0 Å². The van der Waals surface area contributed by atoms with Gasteiger partial charge in [0, 0.05) is 11.6 Å². The molecule has 0 atom stereocenters. The second kappa shape index (κ2) is 6.68. The molecule has 2 rings (SSSR count). The van der Waals surface area contributed by atoms with E-state index < -0.39 is 11.6 Å². The summed E-state index contributed by atoms with van der Waals surface area (Å²) in [5.74, 6) is -0.809. The zero-order valence-electron chi connectivity index (χ0n) is 10.5. The SMILES string of the molecule is NC(=S)c1cc(F)cc(COc2cc(F)c(Cl)cc2Br)c1. The average molecular weight is 393 g/mol. The fourth-order valence-electron chi connectivity index (χ4n) is 1.65. The summed E-state index contributed by atoms with van der Waals surface area (Å²) in [5.41, 5.74) is 6.41. The topological polar surface area (TPSA) is 35.2 Å². The van der Waals surface area contributed by atoms with Crippen LogP contribution in [0.15, 0.2) is 34.8 Å². The molecular weight excluding hydrogens is 384 g/mol. The molecule has 110 valence electrons. The number of halogens is 4. The number of ether oxygens (including phenoxy) is 1. The van der Waals surface area contributed by atoms with Gasteiger partial charge in [-0.25, -0.2) is 8.78 Å². The molecule has 0 unspecified atom stereocenters. The van der Waals surface area contributed by atoms with Gasteiger partial charge in [0.25, 0.3) is 0 Å². The Balaban J connectivity index is 2.20. The van der Waals surface area contributed by atoms with Crippen molar-refractivity contribution in [3.05, 3.63) is 62.6 Å². The highest BCUT2D eigenvalue weighted by atomic mass is 79.9. The lowest BCUT2D eigenvalue weighted by molar-refractivity contribution is 0.302. The molecule has 0 saturated carbocycles. The standard InChI is InChI=1S/C14H9BrClF2NOS/c15-10-4-11(16)12(18)5-13(10)20-6-7-1-8(14(19)21)3-9(17)2-7/h1-5H,6H2,(H2,19,21). The van der Waals surface area contributed by atoms with Crippen LogP contribution in [0.4, 0.5) is 8.78 Å². The maximum absolute atomic E-state index is 13.5. The molecule has 0 amide bonds. The molecule has 0 aliphatic heterocycles. The molecule has 2 aromatic carbocycles. The second-order valence-electron chi connectivity index (χ2n) is 4.20. The van der Waals surface area contributed by atoms with E-state index in [1.165, 1.54) is 18.2 Å². The van der Waals surface area contributed by atoms with Crippen molar-refractivity contribution in [3.8, 4) is 5.75 Å². The zero-order chi connectivity index (χ0) is 15.6. The number of hydrogen-bond acceptors (Lipinski definition) is 2. The molecular formula is C14H9BrClF2NOS. The van der Waals surface area contributed by atoms with Crippen LogP contribution in [-0.4, -0.2) is 4.99 Å². The maximum Gasteiger partial charge on any atom is 0.145 e. The highest BCUT2D eigenvalue weighted by Gasteiger charge is 2.09. The number of hydrogen-bond donors (Lipinski definition) is 1. The Labute approximate surface area is 139 Å². The van der Waals surface area contributed by atoms with E-state index in [2.05, 4.69) is 15.9 Å². The molecule has 2 N–H and O–H groups in total. The number of rotatable bonds is 4. The van der Waals surface area contributed by atoms with Crippen molar-refractivity contribution >= 4 is 44.7 Å². The molecule has 0 spiro atoms. The van der Waals surface area contributed by atoms with Crippen LogP contribution in [0.2, 0.25) is 5.02 Å². The van der Waals surface area contributed by atoms with Crippen LogP contribution in [0.3, 0.4) is 0 Å². The van der Waals surface area contributed by atoms with E-state index in [4.69, 9.17) is 34.3 Å². The minimum atomic E-state index is -0.599. The van der Waals surface area contributed by atoms with Crippen molar-refractivity contribution < 1.29 is 13.5 Å². The van der Waals surface area contributed by atoms with Crippen LogP contribution < -0.4 is 10.5 Å². The fraction of sp³-hybridized carbons (Fsp3) is 0.0714. The molecule has 7 heteroatoms. The largest absolute Gasteiger partial charge is 0.488 e. The van der Waals surface area contributed by atoms with Gasteiger partial charge in [0.2, 0.25) is 0 Å². The third-order valence-corrected chi connectivity index (χ3v) is 3.76. The van der Waals surface area contributed by atoms with E-state index in [0.29, 0.717) is 15.6 Å². The summed E-state index contributed by atoms with van der Waals surface area (Å²) >= 11 is 13.7. The second-order valence-corrected chi connectivity index (χ2v) is 5.90. The Morgan fingerprint density at radius 1 is 1.24 bits per heavy atom. The molecule has 2 aromatic rings. The van der Waals surface area contributed by atoms with Crippen LogP contribution in [0.5, 0.6) is 5.75 Å². The minimum absolute atomic E-state index is 0.0178. The van der Waals surface area contributed by atoms with Crippen LogP contribution in [0, 0.1) is 11.6 Å². The Kier molecular flexibility index (Phi) is 5.13. The summed E-state index contributed by atoms with van der Waals surface area (Å²) in [4.78, 5) is 0.0921. The van der Waals surface area contributed by atoms with Crippen LogP contribution >= 0.6 is 39.7 Å². The fourth-order valence-corrected chi connectivity index (χ4v) is 2.52. The van der Waals surface area contributed by atoms with Crippen molar-refractivity contribution in [2.75, 3.05) is 0 Å². The van der Waals surface area contributed by atoms with Gasteiger partial charge in [-0.2, -0.15) is 0 Å². The quantitative estimate of drug-likeness (QED) is 0.610. The molecule has 0 saturated heterocycles. The Hall–Kier alpha value is -1.24. The van der Waals surface area contributed by atoms with Crippen molar-refractivity contribution in [2.24, 2.45) is 5.73 Å². The van der Waals surface area contributed by atoms with Gasteiger partial charge in [0.1, 0.15) is 29.0 Å². The Bertz CT molecular complexity index is 712. The van der Waals surface area contributed by atoms with Crippen molar-refractivity contribution in [1.29, 1.82) is 0 Å². The normalized spacial score (nSPS) is 10.5. The molecule has 0 aromatic heterocycles. The van der Waals surface area contributed by atoms with Gasteiger partial charge in [-0.1, -0.05) is 23.8 Å². The molecule has 0 bridgehead atoms. The lowest BCUT2D eigenvalue weighted by Crippen LogP contribution is -2.10. The van der Waals surface area contributed by atoms with E-state index in [9.17, 15) is 8.78 Å². The first-order valence-electron chi connectivity index (χ1n) is 5.73. The van der Waals surface area contributed by atoms with Crippen LogP contribution in [-0.2, 0) is 6.61 Å². The molecule has 2 nitrogen and oxygen atoms in total. The molecule has 0 fully saturated rings. The van der Waals surface area contributed by atoms with Gasteiger partial charge in [-0.3, -0.25) is 0 Å². The molecule has 21 heavy (non-hydrogen) atoms. The van der Waals surface area contributed by atoms with E-state index in [1.807, 2.05) is 0 Å². The first-order chi connectivity index (χ1) is 9.86. The molecule has 0 radical (unpaired) electrons. The van der Waals surface area contributed by atoms with Gasteiger partial charge >= 0.3 is 0 Å². The van der Waals surface area contributed by atoms with Gasteiger partial charge in [0.05, 0.1) is 9.50 Å². The third-order valence-electron chi connectivity index (χ3n) is 2.61.